The molecule has 0 unspecified atom stereocenters. The van der Waals surface area contributed by atoms with Crippen molar-refractivity contribution in [1.82, 2.24) is 20.0 Å². The van der Waals surface area contributed by atoms with Crippen molar-refractivity contribution in [2.24, 2.45) is 0 Å². The van der Waals surface area contributed by atoms with Gasteiger partial charge in [-0.15, -0.1) is 0 Å². The molecule has 0 saturated carbocycles. The van der Waals surface area contributed by atoms with E-state index >= 15 is 0 Å². The molecule has 1 aromatic rings. The van der Waals surface area contributed by atoms with Crippen LogP contribution in [0, 0.1) is 0 Å². The van der Waals surface area contributed by atoms with Crippen LogP contribution >= 0.6 is 11.6 Å². The Hall–Kier alpha value is -1.34. The zero-order valence-corrected chi connectivity index (χ0v) is 18.7. The summed E-state index contributed by atoms with van der Waals surface area (Å²) in [5, 5.41) is 3.41. The highest BCUT2D eigenvalue weighted by Crippen LogP contribution is 2.29. The lowest BCUT2D eigenvalue weighted by Gasteiger charge is -2.41. The number of likely N-dealkylation sites (N-methyl/N-ethyl adjacent to an activating group) is 1. The van der Waals surface area contributed by atoms with Crippen LogP contribution in [0.2, 0.25) is 5.02 Å². The van der Waals surface area contributed by atoms with Gasteiger partial charge in [0.15, 0.2) is 0 Å². The molecule has 1 N–H and O–H groups in total. The van der Waals surface area contributed by atoms with Gasteiger partial charge >= 0.3 is 0 Å². The monoisotopic (exact) mass is 422 g/mol. The van der Waals surface area contributed by atoms with Gasteiger partial charge < -0.3 is 24.8 Å². The van der Waals surface area contributed by atoms with E-state index in [2.05, 4.69) is 22.2 Å². The molecule has 2 fully saturated rings. The number of hydrogen-bond donors (Lipinski definition) is 1. The number of halogens is 1. The van der Waals surface area contributed by atoms with Crippen LogP contribution in [-0.2, 0) is 0 Å². The van der Waals surface area contributed by atoms with Gasteiger partial charge in [0.25, 0.3) is 5.91 Å². The molecule has 2 saturated heterocycles. The summed E-state index contributed by atoms with van der Waals surface area (Å²) in [5.74, 6) is 0.570. The van der Waals surface area contributed by atoms with Gasteiger partial charge in [0.2, 0.25) is 0 Å². The van der Waals surface area contributed by atoms with Gasteiger partial charge in [-0.05, 0) is 78.1 Å². The lowest BCUT2D eigenvalue weighted by Crippen LogP contribution is -2.48. The molecule has 2 aliphatic rings. The molecule has 0 aliphatic carbocycles. The van der Waals surface area contributed by atoms with E-state index in [1.54, 1.807) is 12.1 Å². The number of likely N-dealkylation sites (tertiary alicyclic amines) is 2. The Morgan fingerprint density at radius 2 is 1.86 bits per heavy atom. The van der Waals surface area contributed by atoms with E-state index in [0.717, 1.165) is 38.5 Å². The van der Waals surface area contributed by atoms with Crippen LogP contribution in [0.25, 0.3) is 0 Å². The smallest absolute Gasteiger partial charge is 0.251 e. The number of nitrogens with one attached hydrogen (secondary N) is 1. The Morgan fingerprint density at radius 3 is 2.48 bits per heavy atom. The molecule has 0 spiro atoms. The van der Waals surface area contributed by atoms with Gasteiger partial charge in [0.1, 0.15) is 11.9 Å². The fraction of sp³-hybridized carbons (Fsp3) is 0.682. The van der Waals surface area contributed by atoms with Crippen molar-refractivity contribution >= 4 is 17.5 Å². The first kappa shape index (κ1) is 22.3. The minimum Gasteiger partial charge on any atom is -0.489 e. The third kappa shape index (κ3) is 6.57. The molecule has 0 bridgehead atoms. The molecule has 29 heavy (non-hydrogen) atoms. The highest BCUT2D eigenvalue weighted by Gasteiger charge is 2.28. The summed E-state index contributed by atoms with van der Waals surface area (Å²) in [4.78, 5) is 19.3. The summed E-state index contributed by atoms with van der Waals surface area (Å²) in [6.45, 7) is 5.98. The highest BCUT2D eigenvalue weighted by atomic mass is 35.5. The van der Waals surface area contributed by atoms with Gasteiger partial charge in [-0.1, -0.05) is 11.6 Å². The molecule has 2 heterocycles. The average Bonchev–Trinajstić information content (AvgIpc) is 2.70. The highest BCUT2D eigenvalue weighted by molar-refractivity contribution is 6.32. The Morgan fingerprint density at radius 1 is 1.17 bits per heavy atom. The molecular weight excluding hydrogens is 388 g/mol. The first-order chi connectivity index (χ1) is 13.9. The van der Waals surface area contributed by atoms with Crippen molar-refractivity contribution < 1.29 is 9.53 Å². The van der Waals surface area contributed by atoms with Gasteiger partial charge in [-0.3, -0.25) is 4.79 Å². The predicted octanol–water partition coefficient (Wildman–Crippen LogP) is 2.57. The van der Waals surface area contributed by atoms with Gasteiger partial charge in [0, 0.05) is 37.8 Å². The molecule has 1 aromatic carbocycles. The molecule has 3 rings (SSSR count). The van der Waals surface area contributed by atoms with E-state index in [0.29, 0.717) is 22.9 Å². The maximum Gasteiger partial charge on any atom is 0.251 e. The molecule has 0 radical (unpaired) electrons. The minimum absolute atomic E-state index is 0.105. The number of benzene rings is 1. The van der Waals surface area contributed by atoms with Gasteiger partial charge in [0.05, 0.1) is 5.02 Å². The Bertz CT molecular complexity index is 669. The number of hydrogen-bond acceptors (Lipinski definition) is 5. The number of carbonyl (C=O) groups excluding carboxylic acids is 1. The zero-order valence-electron chi connectivity index (χ0n) is 18.0. The van der Waals surface area contributed by atoms with Crippen molar-refractivity contribution in [3.05, 3.63) is 28.8 Å². The number of piperidine rings is 2. The van der Waals surface area contributed by atoms with E-state index in [1.165, 1.54) is 25.9 Å². The molecule has 1 amide bonds. The second kappa shape index (κ2) is 10.6. The van der Waals surface area contributed by atoms with E-state index in [4.69, 9.17) is 16.3 Å². The lowest BCUT2D eigenvalue weighted by molar-refractivity contribution is 0.0526. The van der Waals surface area contributed by atoms with E-state index in [-0.39, 0.29) is 12.0 Å². The maximum absolute atomic E-state index is 12.2. The summed E-state index contributed by atoms with van der Waals surface area (Å²) in [7, 11) is 6.17. The lowest BCUT2D eigenvalue weighted by atomic mass is 9.99. The van der Waals surface area contributed by atoms with Crippen molar-refractivity contribution in [3.8, 4) is 5.75 Å². The Labute approximate surface area is 180 Å². The van der Waals surface area contributed by atoms with Gasteiger partial charge in [-0.25, -0.2) is 0 Å². The number of carbonyl (C=O) groups is 1. The molecule has 0 aromatic heterocycles. The normalized spacial score (nSPS) is 20.2. The van der Waals surface area contributed by atoms with Crippen molar-refractivity contribution in [1.29, 1.82) is 0 Å². The van der Waals surface area contributed by atoms with Crippen molar-refractivity contribution in [3.63, 3.8) is 0 Å². The topological polar surface area (TPSA) is 48.1 Å². The summed E-state index contributed by atoms with van der Waals surface area (Å²) < 4.78 is 6.18. The number of rotatable bonds is 7. The first-order valence-electron chi connectivity index (χ1n) is 10.7. The van der Waals surface area contributed by atoms with Crippen molar-refractivity contribution in [2.75, 3.05) is 60.4 Å². The molecule has 6 nitrogen and oxygen atoms in total. The van der Waals surface area contributed by atoms with E-state index in [1.807, 2.05) is 25.1 Å². The predicted molar refractivity (Wildman–Crippen MR) is 118 cm³/mol. The third-order valence-electron chi connectivity index (χ3n) is 6.01. The zero-order chi connectivity index (χ0) is 20.8. The summed E-state index contributed by atoms with van der Waals surface area (Å²) in [6.07, 6.45) is 4.78. The number of amides is 1. The largest absolute Gasteiger partial charge is 0.489 e. The van der Waals surface area contributed by atoms with Crippen LogP contribution < -0.4 is 10.1 Å². The second-order valence-corrected chi connectivity index (χ2v) is 9.00. The summed E-state index contributed by atoms with van der Waals surface area (Å²) >= 11 is 6.41. The summed E-state index contributed by atoms with van der Waals surface area (Å²) in [6, 6.07) is 6.04. The van der Waals surface area contributed by atoms with Crippen molar-refractivity contribution in [2.45, 2.75) is 37.8 Å². The quantitative estimate of drug-likeness (QED) is 0.731. The van der Waals surface area contributed by atoms with Crippen LogP contribution in [0.4, 0.5) is 0 Å². The standard InChI is InChI=1S/C22H35ClN4O2/c1-25(2)15-10-24-22(28)17-4-5-21(20(23)16-17)29-19-8-13-27(14-9-19)18-6-11-26(3)12-7-18/h4-5,16,18-19H,6-15H2,1-3H3,(H,24,28). The minimum atomic E-state index is -0.105. The second-order valence-electron chi connectivity index (χ2n) is 8.59. The molecule has 162 valence electrons. The molecule has 7 heteroatoms. The first-order valence-corrected chi connectivity index (χ1v) is 11.1. The fourth-order valence-electron chi connectivity index (χ4n) is 4.13. The third-order valence-corrected chi connectivity index (χ3v) is 6.31. The van der Waals surface area contributed by atoms with Crippen LogP contribution in [0.1, 0.15) is 36.0 Å². The van der Waals surface area contributed by atoms with E-state index in [9.17, 15) is 4.79 Å². The van der Waals surface area contributed by atoms with E-state index < -0.39 is 0 Å². The Kier molecular flexibility index (Phi) is 8.18. The number of ether oxygens (including phenoxy) is 1. The number of nitrogens with zero attached hydrogens (tertiary/aromatic N) is 3. The Balaban J connectivity index is 1.46. The molecular formula is C22H35ClN4O2. The SMILES string of the molecule is CN(C)CCNC(=O)c1ccc(OC2CCN(C3CCN(C)CC3)CC2)c(Cl)c1. The maximum atomic E-state index is 12.2. The molecule has 0 atom stereocenters. The molecule has 2 aliphatic heterocycles. The van der Waals surface area contributed by atoms with Crippen LogP contribution in [0.15, 0.2) is 18.2 Å². The van der Waals surface area contributed by atoms with Gasteiger partial charge in [-0.2, -0.15) is 0 Å². The summed E-state index contributed by atoms with van der Waals surface area (Å²) in [5.41, 5.74) is 0.568. The van der Waals surface area contributed by atoms with Crippen LogP contribution in [0.3, 0.4) is 0 Å². The fourth-order valence-corrected chi connectivity index (χ4v) is 4.36. The van der Waals surface area contributed by atoms with Crippen LogP contribution in [0.5, 0.6) is 5.75 Å². The average molecular weight is 423 g/mol. The van der Waals surface area contributed by atoms with Crippen LogP contribution in [-0.4, -0.2) is 93.2 Å².